The molecule has 1 atom stereocenters. The van der Waals surface area contributed by atoms with Crippen LogP contribution in [0.4, 0.5) is 0 Å². The molecule has 1 unspecified atom stereocenters. The summed E-state index contributed by atoms with van der Waals surface area (Å²) in [6.45, 7) is 6.09. The third kappa shape index (κ3) is 9.75. The first kappa shape index (κ1) is 13.7. The topological polar surface area (TPSA) is 40.5 Å². The van der Waals surface area contributed by atoms with Crippen LogP contribution >= 0.6 is 0 Å². The van der Waals surface area contributed by atoms with E-state index in [4.69, 9.17) is 5.11 Å². The molecule has 2 N–H and O–H groups in total. The highest BCUT2D eigenvalue weighted by atomic mass is 16.3. The van der Waals surface area contributed by atoms with Crippen molar-refractivity contribution < 1.29 is 10.2 Å². The van der Waals surface area contributed by atoms with Gasteiger partial charge in [-0.25, -0.2) is 0 Å². The zero-order valence-corrected chi connectivity index (χ0v) is 9.66. The SMILES string of the molecule is CC(/C=C/CCO)CCCC(C)(C)O. The van der Waals surface area contributed by atoms with Crippen LogP contribution in [-0.4, -0.2) is 22.4 Å². The summed E-state index contributed by atoms with van der Waals surface area (Å²) in [5.41, 5.74) is -0.533. The molecule has 0 radical (unpaired) electrons. The minimum atomic E-state index is -0.533. The molecule has 14 heavy (non-hydrogen) atoms. The predicted octanol–water partition coefficient (Wildman–Crippen LogP) is 2.50. The zero-order valence-electron chi connectivity index (χ0n) is 9.66. The Labute approximate surface area is 87.7 Å². The normalized spacial score (nSPS) is 14.9. The van der Waals surface area contributed by atoms with Crippen molar-refractivity contribution in [3.05, 3.63) is 12.2 Å². The van der Waals surface area contributed by atoms with E-state index in [1.807, 2.05) is 19.9 Å². The Morgan fingerprint density at radius 3 is 2.50 bits per heavy atom. The second-order valence-electron chi connectivity index (χ2n) is 4.62. The van der Waals surface area contributed by atoms with Gasteiger partial charge in [0.15, 0.2) is 0 Å². The molecule has 0 spiro atoms. The highest BCUT2D eigenvalue weighted by molar-refractivity contribution is 4.86. The van der Waals surface area contributed by atoms with Gasteiger partial charge in [0.05, 0.1) is 5.60 Å². The third-order valence-electron chi connectivity index (χ3n) is 2.21. The lowest BCUT2D eigenvalue weighted by atomic mass is 9.96. The molecule has 84 valence electrons. The summed E-state index contributed by atoms with van der Waals surface area (Å²) in [5.74, 6) is 0.545. The third-order valence-corrected chi connectivity index (χ3v) is 2.21. The minimum Gasteiger partial charge on any atom is -0.396 e. The summed E-state index contributed by atoms with van der Waals surface area (Å²) >= 11 is 0. The average molecular weight is 200 g/mol. The van der Waals surface area contributed by atoms with Gasteiger partial charge in [-0.05, 0) is 39.0 Å². The summed E-state index contributed by atoms with van der Waals surface area (Å²) in [7, 11) is 0. The van der Waals surface area contributed by atoms with Gasteiger partial charge in [0.1, 0.15) is 0 Å². The Morgan fingerprint density at radius 2 is 2.00 bits per heavy atom. The Hall–Kier alpha value is -0.340. The molecule has 0 fully saturated rings. The van der Waals surface area contributed by atoms with E-state index in [0.717, 1.165) is 25.7 Å². The molecule has 0 aromatic rings. The molecule has 0 aromatic heterocycles. The van der Waals surface area contributed by atoms with E-state index in [1.54, 1.807) is 0 Å². The van der Waals surface area contributed by atoms with Crippen LogP contribution in [0.15, 0.2) is 12.2 Å². The average Bonchev–Trinajstić information content (AvgIpc) is 2.02. The maximum absolute atomic E-state index is 9.49. The molecule has 0 heterocycles. The summed E-state index contributed by atoms with van der Waals surface area (Å²) in [6.07, 6.45) is 7.91. The Balaban J connectivity index is 3.49. The molecule has 0 amide bonds. The molecule has 0 bridgehead atoms. The van der Waals surface area contributed by atoms with Crippen LogP contribution in [0, 0.1) is 5.92 Å². The largest absolute Gasteiger partial charge is 0.396 e. The molecule has 2 heteroatoms. The van der Waals surface area contributed by atoms with E-state index in [-0.39, 0.29) is 6.61 Å². The number of rotatable bonds is 7. The highest BCUT2D eigenvalue weighted by Gasteiger charge is 2.11. The molecule has 0 saturated carbocycles. The lowest BCUT2D eigenvalue weighted by Gasteiger charge is -2.17. The maximum Gasteiger partial charge on any atom is 0.0591 e. The number of aliphatic hydroxyl groups excluding tert-OH is 1. The van der Waals surface area contributed by atoms with Crippen molar-refractivity contribution in [1.29, 1.82) is 0 Å². The summed E-state index contributed by atoms with van der Waals surface area (Å²) in [4.78, 5) is 0. The van der Waals surface area contributed by atoms with Crippen molar-refractivity contribution in [1.82, 2.24) is 0 Å². The molecule has 2 nitrogen and oxygen atoms in total. The maximum atomic E-state index is 9.49. The number of allylic oxidation sites excluding steroid dienone is 1. The fraction of sp³-hybridized carbons (Fsp3) is 0.833. The van der Waals surface area contributed by atoms with E-state index in [0.29, 0.717) is 5.92 Å². The van der Waals surface area contributed by atoms with Crippen molar-refractivity contribution in [2.45, 2.75) is 52.1 Å². The van der Waals surface area contributed by atoms with E-state index < -0.39 is 5.60 Å². The van der Waals surface area contributed by atoms with E-state index >= 15 is 0 Å². The quantitative estimate of drug-likeness (QED) is 0.620. The summed E-state index contributed by atoms with van der Waals surface area (Å²) in [6, 6.07) is 0. The van der Waals surface area contributed by atoms with Gasteiger partial charge in [-0.2, -0.15) is 0 Å². The van der Waals surface area contributed by atoms with E-state index in [2.05, 4.69) is 13.0 Å². The first-order valence-corrected chi connectivity index (χ1v) is 5.45. The first-order chi connectivity index (χ1) is 6.45. The van der Waals surface area contributed by atoms with Crippen LogP contribution < -0.4 is 0 Å². The van der Waals surface area contributed by atoms with Crippen molar-refractivity contribution in [2.24, 2.45) is 5.92 Å². The molecular formula is C12H24O2. The van der Waals surface area contributed by atoms with Crippen LogP contribution in [0.3, 0.4) is 0 Å². The molecule has 0 aromatic carbocycles. The van der Waals surface area contributed by atoms with Crippen LogP contribution in [0.25, 0.3) is 0 Å². The summed E-state index contributed by atoms with van der Waals surface area (Å²) in [5, 5.41) is 18.1. The number of aliphatic hydroxyl groups is 2. The van der Waals surface area contributed by atoms with Crippen molar-refractivity contribution in [3.63, 3.8) is 0 Å². The lowest BCUT2D eigenvalue weighted by molar-refractivity contribution is 0.0675. The number of hydrogen-bond donors (Lipinski definition) is 2. The van der Waals surface area contributed by atoms with Gasteiger partial charge in [-0.1, -0.05) is 25.5 Å². The van der Waals surface area contributed by atoms with Gasteiger partial charge in [-0.3, -0.25) is 0 Å². The first-order valence-electron chi connectivity index (χ1n) is 5.45. The van der Waals surface area contributed by atoms with Crippen molar-refractivity contribution in [2.75, 3.05) is 6.61 Å². The monoisotopic (exact) mass is 200 g/mol. The van der Waals surface area contributed by atoms with Gasteiger partial charge in [-0.15, -0.1) is 0 Å². The van der Waals surface area contributed by atoms with E-state index in [1.165, 1.54) is 0 Å². The van der Waals surface area contributed by atoms with Crippen LogP contribution in [-0.2, 0) is 0 Å². The molecule has 0 aliphatic rings. The van der Waals surface area contributed by atoms with Gasteiger partial charge in [0, 0.05) is 6.61 Å². The Kier molecular flexibility index (Phi) is 6.85. The van der Waals surface area contributed by atoms with Gasteiger partial charge in [0.25, 0.3) is 0 Å². The van der Waals surface area contributed by atoms with Crippen LogP contribution in [0.2, 0.25) is 0 Å². The minimum absolute atomic E-state index is 0.229. The zero-order chi connectivity index (χ0) is 11.0. The highest BCUT2D eigenvalue weighted by Crippen LogP contribution is 2.16. The molecule has 0 saturated heterocycles. The molecular weight excluding hydrogens is 176 g/mol. The second-order valence-corrected chi connectivity index (χ2v) is 4.62. The van der Waals surface area contributed by atoms with Crippen LogP contribution in [0.1, 0.15) is 46.5 Å². The second kappa shape index (κ2) is 7.02. The molecule has 0 aliphatic heterocycles. The van der Waals surface area contributed by atoms with Crippen molar-refractivity contribution >= 4 is 0 Å². The van der Waals surface area contributed by atoms with Gasteiger partial charge < -0.3 is 10.2 Å². The standard InChI is InChI=1S/C12H24O2/c1-11(7-4-5-10-13)8-6-9-12(2,3)14/h4,7,11,13-14H,5-6,8-10H2,1-3H3/b7-4+. The number of hydrogen-bond acceptors (Lipinski definition) is 2. The smallest absolute Gasteiger partial charge is 0.0591 e. The molecule has 0 aliphatic carbocycles. The lowest BCUT2D eigenvalue weighted by Crippen LogP contribution is -2.18. The van der Waals surface area contributed by atoms with Gasteiger partial charge in [0.2, 0.25) is 0 Å². The van der Waals surface area contributed by atoms with Crippen molar-refractivity contribution in [3.8, 4) is 0 Å². The van der Waals surface area contributed by atoms with E-state index in [9.17, 15) is 5.11 Å². The molecule has 0 rings (SSSR count). The van der Waals surface area contributed by atoms with Crippen LogP contribution in [0.5, 0.6) is 0 Å². The Morgan fingerprint density at radius 1 is 1.36 bits per heavy atom. The predicted molar refractivity (Wildman–Crippen MR) is 60.2 cm³/mol. The van der Waals surface area contributed by atoms with Gasteiger partial charge >= 0.3 is 0 Å². The fourth-order valence-electron chi connectivity index (χ4n) is 1.36. The summed E-state index contributed by atoms with van der Waals surface area (Å²) < 4.78 is 0. The Bertz CT molecular complexity index is 156. The fourth-order valence-corrected chi connectivity index (χ4v) is 1.36.